The highest BCUT2D eigenvalue weighted by Gasteiger charge is 2.27. The molecule has 1 atom stereocenters. The van der Waals surface area contributed by atoms with E-state index < -0.39 is 0 Å². The first-order chi connectivity index (χ1) is 5.33. The van der Waals surface area contributed by atoms with E-state index in [4.69, 9.17) is 9.47 Å². The molecule has 1 rings (SSSR count). The Labute approximate surface area is 66.7 Å². The van der Waals surface area contributed by atoms with Crippen LogP contribution in [0.15, 0.2) is 0 Å². The minimum atomic E-state index is -0.103. The fourth-order valence-electron chi connectivity index (χ4n) is 0.916. The first-order valence-corrected chi connectivity index (χ1v) is 4.10. The van der Waals surface area contributed by atoms with Crippen molar-refractivity contribution in [2.45, 2.75) is 32.3 Å². The van der Waals surface area contributed by atoms with Gasteiger partial charge in [0, 0.05) is 6.61 Å². The molecule has 1 fully saturated rings. The van der Waals surface area contributed by atoms with Crippen molar-refractivity contribution in [1.29, 1.82) is 0 Å². The van der Waals surface area contributed by atoms with Gasteiger partial charge in [0.25, 0.3) is 0 Å². The number of unbranched alkanes of at least 4 members (excludes halogenated alkanes) is 1. The number of rotatable bonds is 5. The molecule has 0 spiro atoms. The number of carbonyl (C=O) groups excluding carboxylic acids is 1. The van der Waals surface area contributed by atoms with Gasteiger partial charge >= 0.3 is 5.97 Å². The summed E-state index contributed by atoms with van der Waals surface area (Å²) >= 11 is 0. The summed E-state index contributed by atoms with van der Waals surface area (Å²) in [5, 5.41) is 0. The van der Waals surface area contributed by atoms with Gasteiger partial charge in [-0.05, 0) is 6.42 Å². The molecule has 0 aliphatic carbocycles. The monoisotopic (exact) mass is 158 g/mol. The topological polar surface area (TPSA) is 35.5 Å². The standard InChI is InChI=1S/C8H14O3/c1-2-3-4-10-6-7-5-8(9)11-7/h7H,2-6H2,1H3. The molecule has 0 saturated carbocycles. The maximum atomic E-state index is 10.3. The fraction of sp³-hybridized carbons (Fsp3) is 0.875. The van der Waals surface area contributed by atoms with Crippen LogP contribution in [0.4, 0.5) is 0 Å². The molecule has 1 saturated heterocycles. The van der Waals surface area contributed by atoms with Crippen molar-refractivity contribution in [3.8, 4) is 0 Å². The summed E-state index contributed by atoms with van der Waals surface area (Å²) in [6, 6.07) is 0. The van der Waals surface area contributed by atoms with E-state index in [1.54, 1.807) is 0 Å². The van der Waals surface area contributed by atoms with E-state index in [1.165, 1.54) is 0 Å². The van der Waals surface area contributed by atoms with Gasteiger partial charge in [-0.3, -0.25) is 4.79 Å². The van der Waals surface area contributed by atoms with Crippen LogP contribution < -0.4 is 0 Å². The van der Waals surface area contributed by atoms with Gasteiger partial charge < -0.3 is 9.47 Å². The van der Waals surface area contributed by atoms with Gasteiger partial charge in [0.05, 0.1) is 13.0 Å². The van der Waals surface area contributed by atoms with Gasteiger partial charge in [-0.25, -0.2) is 0 Å². The fourth-order valence-corrected chi connectivity index (χ4v) is 0.916. The van der Waals surface area contributed by atoms with Gasteiger partial charge in [0.2, 0.25) is 0 Å². The van der Waals surface area contributed by atoms with Gasteiger partial charge in [-0.1, -0.05) is 13.3 Å². The lowest BCUT2D eigenvalue weighted by molar-refractivity contribution is -0.174. The minimum Gasteiger partial charge on any atom is -0.459 e. The molecule has 1 unspecified atom stereocenters. The molecule has 11 heavy (non-hydrogen) atoms. The van der Waals surface area contributed by atoms with Crippen molar-refractivity contribution in [2.24, 2.45) is 0 Å². The van der Waals surface area contributed by atoms with Gasteiger partial charge in [0.15, 0.2) is 0 Å². The second-order valence-electron chi connectivity index (χ2n) is 2.74. The van der Waals surface area contributed by atoms with Crippen LogP contribution in [0.1, 0.15) is 26.2 Å². The zero-order valence-corrected chi connectivity index (χ0v) is 6.84. The van der Waals surface area contributed by atoms with Gasteiger partial charge in [0.1, 0.15) is 6.10 Å². The molecular weight excluding hydrogens is 144 g/mol. The lowest BCUT2D eigenvalue weighted by Crippen LogP contribution is -2.36. The average molecular weight is 158 g/mol. The molecular formula is C8H14O3. The summed E-state index contributed by atoms with van der Waals surface area (Å²) in [5.41, 5.74) is 0. The zero-order valence-electron chi connectivity index (χ0n) is 6.84. The van der Waals surface area contributed by atoms with Crippen LogP contribution in [0.25, 0.3) is 0 Å². The largest absolute Gasteiger partial charge is 0.459 e. The highest BCUT2D eigenvalue weighted by molar-refractivity contribution is 5.75. The predicted octanol–water partition coefficient (Wildman–Crippen LogP) is 1.12. The molecule has 3 heteroatoms. The third kappa shape index (κ3) is 2.89. The van der Waals surface area contributed by atoms with Crippen molar-refractivity contribution in [3.63, 3.8) is 0 Å². The van der Waals surface area contributed by atoms with Gasteiger partial charge in [-0.2, -0.15) is 0 Å². The molecule has 0 bridgehead atoms. The number of esters is 1. The highest BCUT2D eigenvalue weighted by atomic mass is 16.6. The molecule has 0 amide bonds. The van der Waals surface area contributed by atoms with Crippen LogP contribution in [0.5, 0.6) is 0 Å². The highest BCUT2D eigenvalue weighted by Crippen LogP contribution is 2.12. The molecule has 1 aliphatic rings. The molecule has 3 nitrogen and oxygen atoms in total. The van der Waals surface area contributed by atoms with E-state index in [0.29, 0.717) is 13.0 Å². The summed E-state index contributed by atoms with van der Waals surface area (Å²) in [6.45, 7) is 3.48. The number of carbonyl (C=O) groups is 1. The van der Waals surface area contributed by atoms with E-state index in [-0.39, 0.29) is 12.1 Å². The molecule has 1 aliphatic heterocycles. The van der Waals surface area contributed by atoms with Crippen LogP contribution in [-0.4, -0.2) is 25.3 Å². The summed E-state index contributed by atoms with van der Waals surface area (Å²) in [4.78, 5) is 10.3. The molecule has 64 valence electrons. The second-order valence-corrected chi connectivity index (χ2v) is 2.74. The summed E-state index contributed by atoms with van der Waals surface area (Å²) in [6.07, 6.45) is 2.80. The van der Waals surface area contributed by atoms with Crippen molar-refractivity contribution in [2.75, 3.05) is 13.2 Å². The van der Waals surface area contributed by atoms with Gasteiger partial charge in [-0.15, -0.1) is 0 Å². The number of ether oxygens (including phenoxy) is 2. The number of cyclic esters (lactones) is 1. The Morgan fingerprint density at radius 2 is 2.45 bits per heavy atom. The smallest absolute Gasteiger partial charge is 0.310 e. The first-order valence-electron chi connectivity index (χ1n) is 4.10. The second kappa shape index (κ2) is 4.34. The maximum Gasteiger partial charge on any atom is 0.310 e. The van der Waals surface area contributed by atoms with Crippen LogP contribution in [0.3, 0.4) is 0 Å². The third-order valence-corrected chi connectivity index (χ3v) is 1.64. The van der Waals surface area contributed by atoms with Crippen molar-refractivity contribution < 1.29 is 14.3 Å². The van der Waals surface area contributed by atoms with Crippen LogP contribution >= 0.6 is 0 Å². The lowest BCUT2D eigenvalue weighted by Gasteiger charge is -2.24. The van der Waals surface area contributed by atoms with Crippen molar-refractivity contribution in [1.82, 2.24) is 0 Å². The molecule has 1 heterocycles. The summed E-state index contributed by atoms with van der Waals surface area (Å²) < 4.78 is 10.0. The Kier molecular flexibility index (Phi) is 3.36. The Morgan fingerprint density at radius 1 is 1.73 bits per heavy atom. The van der Waals surface area contributed by atoms with E-state index in [1.807, 2.05) is 0 Å². The SMILES string of the molecule is CCCCOCC1CC(=O)O1. The minimum absolute atomic E-state index is 0.0411. The number of hydrogen-bond donors (Lipinski definition) is 0. The first kappa shape index (κ1) is 8.53. The Hall–Kier alpha value is -0.570. The average Bonchev–Trinajstić information content (AvgIpc) is 1.94. The van der Waals surface area contributed by atoms with Crippen LogP contribution in [-0.2, 0) is 14.3 Å². The Balaban J connectivity index is 1.85. The predicted molar refractivity (Wildman–Crippen MR) is 40.2 cm³/mol. The molecule has 0 radical (unpaired) electrons. The van der Waals surface area contributed by atoms with Crippen LogP contribution in [0, 0.1) is 0 Å². The van der Waals surface area contributed by atoms with Crippen LogP contribution in [0.2, 0.25) is 0 Å². The quantitative estimate of drug-likeness (QED) is 0.444. The Bertz CT molecular complexity index is 125. The molecule has 0 N–H and O–H groups in total. The lowest BCUT2D eigenvalue weighted by atomic mass is 10.2. The Morgan fingerprint density at radius 3 is 3.00 bits per heavy atom. The molecule has 0 aromatic heterocycles. The van der Waals surface area contributed by atoms with E-state index >= 15 is 0 Å². The zero-order chi connectivity index (χ0) is 8.10. The summed E-state index contributed by atoms with van der Waals surface area (Å²) in [7, 11) is 0. The van der Waals surface area contributed by atoms with E-state index in [9.17, 15) is 4.79 Å². The van der Waals surface area contributed by atoms with E-state index in [2.05, 4.69) is 6.92 Å². The van der Waals surface area contributed by atoms with Crippen molar-refractivity contribution in [3.05, 3.63) is 0 Å². The normalized spacial score (nSPS) is 22.6. The summed E-state index contributed by atoms with van der Waals surface area (Å²) in [5.74, 6) is -0.103. The number of hydrogen-bond acceptors (Lipinski definition) is 3. The molecule has 0 aromatic carbocycles. The maximum absolute atomic E-state index is 10.3. The van der Waals surface area contributed by atoms with E-state index in [0.717, 1.165) is 19.4 Å². The third-order valence-electron chi connectivity index (χ3n) is 1.64. The molecule has 0 aromatic rings. The van der Waals surface area contributed by atoms with Crippen molar-refractivity contribution >= 4 is 5.97 Å².